The predicted octanol–water partition coefficient (Wildman–Crippen LogP) is 3.77. The molecule has 0 amide bonds. The van der Waals surface area contributed by atoms with E-state index >= 15 is 0 Å². The zero-order chi connectivity index (χ0) is 13.7. The third kappa shape index (κ3) is 3.89. The predicted molar refractivity (Wildman–Crippen MR) is 79.8 cm³/mol. The number of nitrogen functional groups attached to an aromatic ring is 1. The Hall–Kier alpha value is -1.69. The molecule has 1 fully saturated rings. The summed E-state index contributed by atoms with van der Waals surface area (Å²) in [5.74, 6) is 1.74. The Morgan fingerprint density at radius 2 is 2.26 bits per heavy atom. The van der Waals surface area contributed by atoms with Gasteiger partial charge in [-0.25, -0.2) is 0 Å². The van der Waals surface area contributed by atoms with Crippen molar-refractivity contribution < 1.29 is 0 Å². The van der Waals surface area contributed by atoms with Crippen LogP contribution in [0.1, 0.15) is 44.6 Å². The van der Waals surface area contributed by atoms with Gasteiger partial charge in [0.25, 0.3) is 0 Å². The maximum absolute atomic E-state index is 8.80. The van der Waals surface area contributed by atoms with E-state index in [0.29, 0.717) is 11.3 Å². The lowest BCUT2D eigenvalue weighted by molar-refractivity contribution is 0.274. The molecule has 2 atom stereocenters. The lowest BCUT2D eigenvalue weighted by Crippen LogP contribution is -2.16. The number of rotatable bonds is 4. The Kier molecular flexibility index (Phi) is 4.68. The summed E-state index contributed by atoms with van der Waals surface area (Å²) in [5.41, 5.74) is 8.15. The van der Waals surface area contributed by atoms with Gasteiger partial charge in [0.15, 0.2) is 0 Å². The molecule has 0 aliphatic heterocycles. The van der Waals surface area contributed by atoms with Crippen LogP contribution in [-0.4, -0.2) is 6.54 Å². The van der Waals surface area contributed by atoms with Crippen molar-refractivity contribution in [1.82, 2.24) is 0 Å². The van der Waals surface area contributed by atoms with E-state index in [9.17, 15) is 0 Å². The zero-order valence-corrected chi connectivity index (χ0v) is 11.7. The van der Waals surface area contributed by atoms with Crippen LogP contribution in [0.25, 0.3) is 0 Å². The van der Waals surface area contributed by atoms with E-state index in [1.807, 2.05) is 6.07 Å². The van der Waals surface area contributed by atoms with E-state index in [-0.39, 0.29) is 0 Å². The quantitative estimate of drug-likeness (QED) is 0.807. The summed E-state index contributed by atoms with van der Waals surface area (Å²) in [7, 11) is 0. The van der Waals surface area contributed by atoms with Crippen LogP contribution in [0.2, 0.25) is 0 Å². The standard InChI is InChI=1S/C16H23N3/c1-12-3-2-4-13(9-12)7-8-19-16-6-5-14(11-17)10-15(16)18/h5-6,10,12-13,19H,2-4,7-9,18H2,1H3. The average molecular weight is 257 g/mol. The molecule has 19 heavy (non-hydrogen) atoms. The van der Waals surface area contributed by atoms with E-state index in [2.05, 4.69) is 18.3 Å². The fourth-order valence-corrected chi connectivity index (χ4v) is 3.03. The smallest absolute Gasteiger partial charge is 0.0992 e. The maximum atomic E-state index is 8.80. The molecule has 2 unspecified atom stereocenters. The highest BCUT2D eigenvalue weighted by Crippen LogP contribution is 2.30. The highest BCUT2D eigenvalue weighted by Gasteiger charge is 2.18. The molecule has 3 heteroatoms. The van der Waals surface area contributed by atoms with E-state index < -0.39 is 0 Å². The van der Waals surface area contributed by atoms with Gasteiger partial charge in [-0.05, 0) is 42.9 Å². The fraction of sp³-hybridized carbons (Fsp3) is 0.562. The van der Waals surface area contributed by atoms with Gasteiger partial charge in [0, 0.05) is 6.54 Å². The lowest BCUT2D eigenvalue weighted by atomic mass is 9.81. The molecule has 1 aliphatic rings. The largest absolute Gasteiger partial charge is 0.397 e. The molecule has 102 valence electrons. The number of hydrogen-bond acceptors (Lipinski definition) is 3. The summed E-state index contributed by atoms with van der Waals surface area (Å²) in [6, 6.07) is 7.53. The highest BCUT2D eigenvalue weighted by atomic mass is 14.9. The van der Waals surface area contributed by atoms with Crippen molar-refractivity contribution in [1.29, 1.82) is 5.26 Å². The molecule has 0 saturated heterocycles. The first-order chi connectivity index (χ1) is 9.19. The summed E-state index contributed by atoms with van der Waals surface area (Å²) in [5, 5.41) is 12.2. The topological polar surface area (TPSA) is 61.8 Å². The number of hydrogen-bond donors (Lipinski definition) is 2. The van der Waals surface area contributed by atoms with Crippen molar-refractivity contribution in [2.45, 2.75) is 39.0 Å². The second kappa shape index (κ2) is 6.47. The van der Waals surface area contributed by atoms with Gasteiger partial charge >= 0.3 is 0 Å². The third-order valence-electron chi connectivity index (χ3n) is 4.09. The molecular formula is C16H23N3. The number of nitrogens with zero attached hydrogens (tertiary/aromatic N) is 1. The first kappa shape index (κ1) is 13.7. The van der Waals surface area contributed by atoms with Crippen molar-refractivity contribution in [3.05, 3.63) is 23.8 Å². The number of nitriles is 1. The molecule has 0 radical (unpaired) electrons. The van der Waals surface area contributed by atoms with Crippen LogP contribution in [0.5, 0.6) is 0 Å². The molecule has 0 bridgehead atoms. The summed E-state index contributed by atoms with van der Waals surface area (Å²) in [6.45, 7) is 3.33. The van der Waals surface area contributed by atoms with Crippen molar-refractivity contribution in [3.8, 4) is 6.07 Å². The van der Waals surface area contributed by atoms with Gasteiger partial charge in [-0.2, -0.15) is 5.26 Å². The van der Waals surface area contributed by atoms with E-state index in [0.717, 1.165) is 24.1 Å². The minimum absolute atomic E-state index is 0.615. The molecular weight excluding hydrogens is 234 g/mol. The maximum Gasteiger partial charge on any atom is 0.0992 e. The SMILES string of the molecule is CC1CCCC(CCNc2ccc(C#N)cc2N)C1. The minimum Gasteiger partial charge on any atom is -0.397 e. The minimum atomic E-state index is 0.615. The highest BCUT2D eigenvalue weighted by molar-refractivity contribution is 5.68. The molecule has 2 rings (SSSR count). The number of nitrogens with one attached hydrogen (secondary N) is 1. The average Bonchev–Trinajstić information content (AvgIpc) is 2.40. The van der Waals surface area contributed by atoms with Gasteiger partial charge in [0.05, 0.1) is 23.0 Å². The summed E-state index contributed by atoms with van der Waals surface area (Å²) in [6.07, 6.45) is 6.72. The van der Waals surface area contributed by atoms with Crippen LogP contribution < -0.4 is 11.1 Å². The number of nitrogens with two attached hydrogens (primary N) is 1. The molecule has 0 heterocycles. The van der Waals surface area contributed by atoms with Crippen molar-refractivity contribution in [3.63, 3.8) is 0 Å². The Morgan fingerprint density at radius 1 is 1.42 bits per heavy atom. The van der Waals surface area contributed by atoms with Crippen LogP contribution >= 0.6 is 0 Å². The number of benzene rings is 1. The molecule has 1 aromatic rings. The molecule has 1 aromatic carbocycles. The molecule has 0 spiro atoms. The van der Waals surface area contributed by atoms with E-state index in [4.69, 9.17) is 11.0 Å². The van der Waals surface area contributed by atoms with E-state index in [1.54, 1.807) is 12.1 Å². The Balaban J connectivity index is 1.81. The van der Waals surface area contributed by atoms with Crippen LogP contribution in [-0.2, 0) is 0 Å². The first-order valence-corrected chi connectivity index (χ1v) is 7.22. The van der Waals surface area contributed by atoms with Crippen LogP contribution in [0, 0.1) is 23.2 Å². The summed E-state index contributed by atoms with van der Waals surface area (Å²) in [4.78, 5) is 0. The van der Waals surface area contributed by atoms with Crippen molar-refractivity contribution in [2.75, 3.05) is 17.6 Å². The van der Waals surface area contributed by atoms with Crippen LogP contribution in [0.15, 0.2) is 18.2 Å². The second-order valence-corrected chi connectivity index (χ2v) is 5.77. The Labute approximate surface area is 115 Å². The Morgan fingerprint density at radius 3 is 2.95 bits per heavy atom. The number of anilines is 2. The monoisotopic (exact) mass is 257 g/mol. The van der Waals surface area contributed by atoms with Crippen molar-refractivity contribution in [2.24, 2.45) is 11.8 Å². The van der Waals surface area contributed by atoms with Gasteiger partial charge in [0.2, 0.25) is 0 Å². The first-order valence-electron chi connectivity index (χ1n) is 7.22. The molecule has 0 aromatic heterocycles. The van der Waals surface area contributed by atoms with E-state index in [1.165, 1.54) is 32.1 Å². The van der Waals surface area contributed by atoms with Crippen LogP contribution in [0.3, 0.4) is 0 Å². The third-order valence-corrected chi connectivity index (χ3v) is 4.09. The van der Waals surface area contributed by atoms with Gasteiger partial charge in [-0.15, -0.1) is 0 Å². The molecule has 1 saturated carbocycles. The van der Waals surface area contributed by atoms with Gasteiger partial charge in [-0.1, -0.05) is 26.2 Å². The second-order valence-electron chi connectivity index (χ2n) is 5.77. The Bertz CT molecular complexity index is 462. The summed E-state index contributed by atoms with van der Waals surface area (Å²) >= 11 is 0. The van der Waals surface area contributed by atoms with Gasteiger partial charge in [0.1, 0.15) is 0 Å². The molecule has 3 N–H and O–H groups in total. The zero-order valence-electron chi connectivity index (χ0n) is 11.7. The van der Waals surface area contributed by atoms with Gasteiger partial charge < -0.3 is 11.1 Å². The lowest BCUT2D eigenvalue weighted by Gasteiger charge is -2.26. The van der Waals surface area contributed by atoms with Gasteiger partial charge in [-0.3, -0.25) is 0 Å². The summed E-state index contributed by atoms with van der Waals surface area (Å²) < 4.78 is 0. The normalized spacial score (nSPS) is 22.7. The molecule has 1 aliphatic carbocycles. The van der Waals surface area contributed by atoms with Crippen LogP contribution in [0.4, 0.5) is 11.4 Å². The fourth-order valence-electron chi connectivity index (χ4n) is 3.03. The van der Waals surface area contributed by atoms with Crippen molar-refractivity contribution >= 4 is 11.4 Å². The molecule has 3 nitrogen and oxygen atoms in total.